The van der Waals surface area contributed by atoms with Gasteiger partial charge in [-0.15, -0.1) is 0 Å². The van der Waals surface area contributed by atoms with Crippen molar-refractivity contribution in [2.75, 3.05) is 13.1 Å². The van der Waals surface area contributed by atoms with E-state index in [1.807, 2.05) is 20.8 Å². The number of rotatable bonds is 0. The molecule has 0 aromatic rings. The number of nitrogens with one attached hydrogen (secondary N) is 1. The lowest BCUT2D eigenvalue weighted by molar-refractivity contribution is -0.142. The lowest BCUT2D eigenvalue weighted by atomic mass is 9.94. The summed E-state index contributed by atoms with van der Waals surface area (Å²) >= 11 is 0. The summed E-state index contributed by atoms with van der Waals surface area (Å²) in [6.07, 6.45) is 1.17. The van der Waals surface area contributed by atoms with Crippen LogP contribution >= 0.6 is 0 Å². The van der Waals surface area contributed by atoms with Gasteiger partial charge in [-0.2, -0.15) is 0 Å². The van der Waals surface area contributed by atoms with Crippen LogP contribution in [0.15, 0.2) is 0 Å². The Labute approximate surface area is 92.2 Å². The monoisotopic (exact) mass is 210 g/mol. The molecule has 3 atom stereocenters. The molecule has 15 heavy (non-hydrogen) atoms. The molecule has 0 aromatic carbocycles. The lowest BCUT2D eigenvalue weighted by Crippen LogP contribution is -2.47. The van der Waals surface area contributed by atoms with E-state index in [2.05, 4.69) is 17.1 Å². The van der Waals surface area contributed by atoms with Crippen molar-refractivity contribution >= 4 is 5.91 Å². The van der Waals surface area contributed by atoms with Gasteiger partial charge in [-0.1, -0.05) is 20.8 Å². The van der Waals surface area contributed by atoms with E-state index in [4.69, 9.17) is 0 Å². The zero-order valence-electron chi connectivity index (χ0n) is 10.2. The molecule has 2 fully saturated rings. The van der Waals surface area contributed by atoms with E-state index < -0.39 is 0 Å². The van der Waals surface area contributed by atoms with Crippen molar-refractivity contribution in [1.29, 1.82) is 0 Å². The minimum Gasteiger partial charge on any atom is -0.335 e. The van der Waals surface area contributed by atoms with Gasteiger partial charge in [-0.05, 0) is 19.3 Å². The largest absolute Gasteiger partial charge is 0.335 e. The Balaban J connectivity index is 2.17. The molecule has 2 saturated heterocycles. The summed E-state index contributed by atoms with van der Waals surface area (Å²) in [5.74, 6) is 0.998. The molecule has 1 N–H and O–H groups in total. The van der Waals surface area contributed by atoms with Crippen LogP contribution < -0.4 is 5.32 Å². The summed E-state index contributed by atoms with van der Waals surface area (Å²) < 4.78 is 0. The highest BCUT2D eigenvalue weighted by Gasteiger charge is 2.46. The van der Waals surface area contributed by atoms with Crippen LogP contribution in [0.4, 0.5) is 0 Å². The van der Waals surface area contributed by atoms with E-state index in [0.29, 0.717) is 23.9 Å². The van der Waals surface area contributed by atoms with Crippen LogP contribution in [0.2, 0.25) is 0 Å². The summed E-state index contributed by atoms with van der Waals surface area (Å²) in [6, 6.07) is 0.876. The molecule has 0 unspecified atom stereocenters. The maximum Gasteiger partial charge on any atom is 0.228 e. The van der Waals surface area contributed by atoms with Crippen molar-refractivity contribution in [1.82, 2.24) is 10.2 Å². The van der Waals surface area contributed by atoms with Crippen LogP contribution in [0.5, 0.6) is 0 Å². The fraction of sp³-hybridized carbons (Fsp3) is 0.917. The van der Waals surface area contributed by atoms with Crippen LogP contribution in [0.25, 0.3) is 0 Å². The van der Waals surface area contributed by atoms with Crippen molar-refractivity contribution in [3.63, 3.8) is 0 Å². The number of carbonyl (C=O) groups is 1. The van der Waals surface area contributed by atoms with Gasteiger partial charge in [0, 0.05) is 30.6 Å². The molecule has 0 spiro atoms. The van der Waals surface area contributed by atoms with Gasteiger partial charge < -0.3 is 10.2 Å². The van der Waals surface area contributed by atoms with Crippen molar-refractivity contribution in [2.45, 2.75) is 46.2 Å². The molecule has 0 saturated carbocycles. The number of hydrogen-bond acceptors (Lipinski definition) is 2. The fourth-order valence-electron chi connectivity index (χ4n) is 2.90. The van der Waals surface area contributed by atoms with Gasteiger partial charge in [0.2, 0.25) is 5.91 Å². The smallest absolute Gasteiger partial charge is 0.228 e. The van der Waals surface area contributed by atoms with Gasteiger partial charge in [0.15, 0.2) is 0 Å². The number of fused-ring (bicyclic) bond motifs is 1. The second-order valence-corrected chi connectivity index (χ2v) is 6.03. The Morgan fingerprint density at radius 1 is 1.33 bits per heavy atom. The first kappa shape index (κ1) is 10.9. The third-order valence-electron chi connectivity index (χ3n) is 3.66. The first-order chi connectivity index (χ1) is 6.91. The molecule has 0 aromatic heterocycles. The molecule has 2 rings (SSSR count). The Morgan fingerprint density at radius 2 is 2.00 bits per heavy atom. The third kappa shape index (κ3) is 1.78. The van der Waals surface area contributed by atoms with Crippen LogP contribution in [-0.4, -0.2) is 36.0 Å². The highest BCUT2D eigenvalue weighted by molar-refractivity contribution is 5.82. The van der Waals surface area contributed by atoms with Crippen molar-refractivity contribution in [3.8, 4) is 0 Å². The van der Waals surface area contributed by atoms with E-state index >= 15 is 0 Å². The van der Waals surface area contributed by atoms with E-state index in [9.17, 15) is 4.79 Å². The number of nitrogens with zero attached hydrogens (tertiary/aromatic N) is 1. The Hall–Kier alpha value is -0.570. The highest BCUT2D eigenvalue weighted by atomic mass is 16.2. The quantitative estimate of drug-likeness (QED) is 0.652. The summed E-state index contributed by atoms with van der Waals surface area (Å²) in [5.41, 5.74) is -0.244. The molecular weight excluding hydrogens is 188 g/mol. The van der Waals surface area contributed by atoms with Crippen LogP contribution in [0, 0.1) is 11.3 Å². The summed E-state index contributed by atoms with van der Waals surface area (Å²) in [4.78, 5) is 14.4. The van der Waals surface area contributed by atoms with Crippen molar-refractivity contribution in [3.05, 3.63) is 0 Å². The van der Waals surface area contributed by atoms with Crippen molar-refractivity contribution < 1.29 is 4.79 Å². The van der Waals surface area contributed by atoms with E-state index in [0.717, 1.165) is 13.1 Å². The minimum absolute atomic E-state index is 0.244. The SMILES string of the molecule is C[C@@H]1C[C@@H]2CNC[C@H]2N1C(=O)C(C)(C)C. The average molecular weight is 210 g/mol. The minimum atomic E-state index is -0.244. The van der Waals surface area contributed by atoms with Crippen LogP contribution in [0.1, 0.15) is 34.1 Å². The van der Waals surface area contributed by atoms with Crippen molar-refractivity contribution in [2.24, 2.45) is 11.3 Å². The number of amides is 1. The molecule has 0 radical (unpaired) electrons. The second kappa shape index (κ2) is 3.48. The summed E-state index contributed by atoms with van der Waals surface area (Å²) in [5, 5.41) is 3.39. The predicted molar refractivity (Wildman–Crippen MR) is 60.5 cm³/mol. The predicted octanol–water partition coefficient (Wildman–Crippen LogP) is 1.24. The molecule has 1 amide bonds. The van der Waals surface area contributed by atoms with Gasteiger partial charge in [0.05, 0.1) is 0 Å². The Kier molecular flexibility index (Phi) is 2.53. The first-order valence-corrected chi connectivity index (χ1v) is 5.94. The summed E-state index contributed by atoms with van der Waals surface area (Å²) in [6.45, 7) is 10.3. The molecular formula is C12H22N2O. The molecule has 2 aliphatic heterocycles. The third-order valence-corrected chi connectivity index (χ3v) is 3.66. The van der Waals surface area contributed by atoms with Crippen LogP contribution in [0.3, 0.4) is 0 Å². The molecule has 0 bridgehead atoms. The van der Waals surface area contributed by atoms with E-state index in [1.54, 1.807) is 0 Å². The lowest BCUT2D eigenvalue weighted by Gasteiger charge is -2.33. The highest BCUT2D eigenvalue weighted by Crippen LogP contribution is 2.35. The Bertz CT molecular complexity index is 269. The Morgan fingerprint density at radius 3 is 2.60 bits per heavy atom. The number of hydrogen-bond donors (Lipinski definition) is 1. The molecule has 3 nitrogen and oxygen atoms in total. The van der Waals surface area contributed by atoms with Gasteiger partial charge in [-0.3, -0.25) is 4.79 Å². The molecule has 2 aliphatic rings. The zero-order chi connectivity index (χ0) is 11.2. The zero-order valence-corrected chi connectivity index (χ0v) is 10.2. The van der Waals surface area contributed by atoms with E-state index in [-0.39, 0.29) is 5.41 Å². The normalized spacial score (nSPS) is 35.7. The summed E-state index contributed by atoms with van der Waals surface area (Å²) in [7, 11) is 0. The van der Waals surface area contributed by atoms with Gasteiger partial charge in [-0.25, -0.2) is 0 Å². The number of likely N-dealkylation sites (tertiary alicyclic amines) is 1. The van der Waals surface area contributed by atoms with Gasteiger partial charge in [0.1, 0.15) is 0 Å². The first-order valence-electron chi connectivity index (χ1n) is 5.94. The average Bonchev–Trinajstić information content (AvgIpc) is 2.60. The molecule has 2 heterocycles. The molecule has 3 heteroatoms. The molecule has 0 aliphatic carbocycles. The van der Waals surface area contributed by atoms with Gasteiger partial charge >= 0.3 is 0 Å². The standard InChI is InChI=1S/C12H22N2O/c1-8-5-9-6-13-7-10(9)14(8)11(15)12(2,3)4/h8-10,13H,5-7H2,1-4H3/t8-,9-,10-/m1/s1. The van der Waals surface area contributed by atoms with Crippen LogP contribution in [-0.2, 0) is 4.79 Å². The van der Waals surface area contributed by atoms with Gasteiger partial charge in [0.25, 0.3) is 0 Å². The maximum atomic E-state index is 12.3. The number of carbonyl (C=O) groups excluding carboxylic acids is 1. The van der Waals surface area contributed by atoms with E-state index in [1.165, 1.54) is 6.42 Å². The second-order valence-electron chi connectivity index (χ2n) is 6.03. The maximum absolute atomic E-state index is 12.3. The molecule has 86 valence electrons. The fourth-order valence-corrected chi connectivity index (χ4v) is 2.90. The topological polar surface area (TPSA) is 32.3 Å².